The number of anilines is 1. The Balaban J connectivity index is 1.88. The summed E-state index contributed by atoms with van der Waals surface area (Å²) in [7, 11) is 0. The Bertz CT molecular complexity index is 1070. The molecule has 1 aromatic heterocycles. The first kappa shape index (κ1) is 17.7. The second-order valence-electron chi connectivity index (χ2n) is 6.32. The van der Waals surface area contributed by atoms with Gasteiger partial charge in [0.15, 0.2) is 0 Å². The first-order valence-electron chi connectivity index (χ1n) is 8.62. The van der Waals surface area contributed by atoms with Crippen molar-refractivity contribution in [3.63, 3.8) is 0 Å². The third-order valence-electron chi connectivity index (χ3n) is 4.56. The molecule has 0 saturated carbocycles. The van der Waals surface area contributed by atoms with Crippen LogP contribution in [0.25, 0.3) is 10.8 Å². The van der Waals surface area contributed by atoms with Gasteiger partial charge < -0.3 is 5.32 Å². The van der Waals surface area contributed by atoms with Crippen LogP contribution in [-0.2, 0) is 11.3 Å². The predicted octanol–water partition coefficient (Wildman–Crippen LogP) is 2.84. The minimum Gasteiger partial charge on any atom is -0.324 e. The van der Waals surface area contributed by atoms with Crippen molar-refractivity contribution in [1.29, 1.82) is 0 Å². The highest BCUT2D eigenvalue weighted by molar-refractivity contribution is 5.91. The number of fused-ring (bicyclic) bond motifs is 1. The number of rotatable bonds is 5. The number of aromatic nitrogens is 2. The maximum atomic E-state index is 12.5. The Morgan fingerprint density at radius 3 is 2.46 bits per heavy atom. The molecular weight excluding hydrogens is 330 g/mol. The van der Waals surface area contributed by atoms with E-state index >= 15 is 0 Å². The van der Waals surface area contributed by atoms with Crippen LogP contribution in [0.1, 0.15) is 31.7 Å². The number of benzene rings is 2. The molecule has 0 aliphatic heterocycles. The fourth-order valence-corrected chi connectivity index (χ4v) is 2.95. The highest BCUT2D eigenvalue weighted by Crippen LogP contribution is 2.26. The summed E-state index contributed by atoms with van der Waals surface area (Å²) < 4.78 is 1.05. The lowest BCUT2D eigenvalue weighted by atomic mass is 9.97. The lowest BCUT2D eigenvalue weighted by Crippen LogP contribution is -2.34. The molecule has 3 rings (SSSR count). The van der Waals surface area contributed by atoms with Crippen LogP contribution in [0.15, 0.2) is 58.1 Å². The third kappa shape index (κ3) is 3.44. The highest BCUT2D eigenvalue weighted by atomic mass is 16.2. The quantitative estimate of drug-likeness (QED) is 0.741. The third-order valence-corrected chi connectivity index (χ3v) is 4.56. The van der Waals surface area contributed by atoms with E-state index in [0.717, 1.165) is 22.4 Å². The summed E-state index contributed by atoms with van der Waals surface area (Å²) in [5.74, 6) is -0.0662. The first-order valence-corrected chi connectivity index (χ1v) is 8.62. The Morgan fingerprint density at radius 2 is 1.73 bits per heavy atom. The number of H-pyrrole nitrogens is 1. The molecule has 1 atom stereocenters. The molecular formula is C20H21N3O3. The number of amides is 1. The lowest BCUT2D eigenvalue weighted by molar-refractivity contribution is -0.117. The van der Waals surface area contributed by atoms with Gasteiger partial charge in [0.05, 0.1) is 10.8 Å². The number of carbonyl (C=O) groups is 1. The van der Waals surface area contributed by atoms with Gasteiger partial charge in [0.25, 0.3) is 11.1 Å². The van der Waals surface area contributed by atoms with E-state index in [1.54, 1.807) is 24.3 Å². The number of hydrogen-bond donors (Lipinski definition) is 2. The lowest BCUT2D eigenvalue weighted by Gasteiger charge is -2.16. The molecule has 0 radical (unpaired) electrons. The van der Waals surface area contributed by atoms with Gasteiger partial charge in [0.2, 0.25) is 5.91 Å². The second-order valence-corrected chi connectivity index (χ2v) is 6.32. The highest BCUT2D eigenvalue weighted by Gasteiger charge is 2.13. The van der Waals surface area contributed by atoms with Gasteiger partial charge in [0, 0.05) is 5.69 Å². The van der Waals surface area contributed by atoms with Crippen LogP contribution >= 0.6 is 0 Å². The monoisotopic (exact) mass is 351 g/mol. The summed E-state index contributed by atoms with van der Waals surface area (Å²) in [6.45, 7) is 3.92. The molecule has 0 aliphatic carbocycles. The van der Waals surface area contributed by atoms with Crippen molar-refractivity contribution >= 4 is 22.4 Å². The van der Waals surface area contributed by atoms with E-state index in [1.807, 2.05) is 24.3 Å². The van der Waals surface area contributed by atoms with Gasteiger partial charge in [-0.05, 0) is 36.1 Å². The molecule has 3 aromatic rings. The SMILES string of the molecule is CCC(C)c1ccccc1NC(=O)Cn1[nH]c(=O)c2ccccc2c1=O. The Hall–Kier alpha value is -3.15. The Labute approximate surface area is 150 Å². The predicted molar refractivity (Wildman–Crippen MR) is 103 cm³/mol. The van der Waals surface area contributed by atoms with Crippen LogP contribution in [0.3, 0.4) is 0 Å². The van der Waals surface area contributed by atoms with Crippen LogP contribution in [0.2, 0.25) is 0 Å². The number of nitrogens with zero attached hydrogens (tertiary/aromatic N) is 1. The van der Waals surface area contributed by atoms with Crippen molar-refractivity contribution in [2.45, 2.75) is 32.7 Å². The summed E-state index contributed by atoms with van der Waals surface area (Å²) in [5, 5.41) is 5.93. The molecule has 1 heterocycles. The average Bonchev–Trinajstić information content (AvgIpc) is 2.65. The Kier molecular flexibility index (Phi) is 5.02. The zero-order chi connectivity index (χ0) is 18.7. The summed E-state index contributed by atoms with van der Waals surface area (Å²) in [4.78, 5) is 37.1. The van der Waals surface area contributed by atoms with Crippen LogP contribution < -0.4 is 16.4 Å². The molecule has 2 aromatic carbocycles. The van der Waals surface area contributed by atoms with Gasteiger partial charge in [-0.15, -0.1) is 0 Å². The van der Waals surface area contributed by atoms with E-state index < -0.39 is 11.1 Å². The molecule has 6 nitrogen and oxygen atoms in total. The number of carbonyl (C=O) groups excluding carboxylic acids is 1. The van der Waals surface area contributed by atoms with Gasteiger partial charge in [-0.1, -0.05) is 44.2 Å². The zero-order valence-electron chi connectivity index (χ0n) is 14.8. The van der Waals surface area contributed by atoms with Gasteiger partial charge >= 0.3 is 0 Å². The second kappa shape index (κ2) is 7.39. The summed E-state index contributed by atoms with van der Waals surface area (Å²) in [5.41, 5.74) is 0.976. The molecule has 6 heteroatoms. The summed E-state index contributed by atoms with van der Waals surface area (Å²) in [6.07, 6.45) is 0.949. The molecule has 0 aliphatic rings. The van der Waals surface area contributed by atoms with Crippen molar-refractivity contribution in [3.8, 4) is 0 Å². The standard InChI is InChI=1S/C20H21N3O3/c1-3-13(2)14-8-6-7-11-17(14)21-18(24)12-23-20(26)16-10-5-4-9-15(16)19(25)22-23/h4-11,13H,3,12H2,1-2H3,(H,21,24)(H,22,25). The molecule has 1 unspecified atom stereocenters. The maximum absolute atomic E-state index is 12.5. The molecule has 0 saturated heterocycles. The molecule has 134 valence electrons. The largest absolute Gasteiger partial charge is 0.324 e. The molecule has 1 amide bonds. The van der Waals surface area contributed by atoms with Crippen molar-refractivity contribution in [3.05, 3.63) is 74.8 Å². The fourth-order valence-electron chi connectivity index (χ4n) is 2.95. The number of para-hydroxylation sites is 1. The average molecular weight is 351 g/mol. The van der Waals surface area contributed by atoms with Gasteiger partial charge in [-0.2, -0.15) is 0 Å². The summed E-state index contributed by atoms with van der Waals surface area (Å²) in [6, 6.07) is 14.2. The number of aromatic amines is 1. The van der Waals surface area contributed by atoms with E-state index in [1.165, 1.54) is 0 Å². The topological polar surface area (TPSA) is 84.0 Å². The van der Waals surface area contributed by atoms with E-state index in [0.29, 0.717) is 16.7 Å². The normalized spacial score (nSPS) is 12.1. The van der Waals surface area contributed by atoms with Gasteiger partial charge in [-0.25, -0.2) is 4.68 Å². The molecule has 0 fully saturated rings. The van der Waals surface area contributed by atoms with Crippen molar-refractivity contribution in [1.82, 2.24) is 9.78 Å². The van der Waals surface area contributed by atoms with Crippen molar-refractivity contribution in [2.75, 3.05) is 5.32 Å². The fraction of sp³-hybridized carbons (Fsp3) is 0.250. The van der Waals surface area contributed by atoms with Crippen molar-refractivity contribution < 1.29 is 4.79 Å². The maximum Gasteiger partial charge on any atom is 0.273 e. The smallest absolute Gasteiger partial charge is 0.273 e. The minimum absolute atomic E-state index is 0.256. The van der Waals surface area contributed by atoms with Gasteiger partial charge in [-0.3, -0.25) is 19.5 Å². The molecule has 2 N–H and O–H groups in total. The van der Waals surface area contributed by atoms with Crippen LogP contribution in [0.5, 0.6) is 0 Å². The number of nitrogens with one attached hydrogen (secondary N) is 2. The van der Waals surface area contributed by atoms with Crippen LogP contribution in [0.4, 0.5) is 5.69 Å². The van der Waals surface area contributed by atoms with Crippen LogP contribution in [-0.4, -0.2) is 15.7 Å². The van der Waals surface area contributed by atoms with Crippen molar-refractivity contribution in [2.24, 2.45) is 0 Å². The van der Waals surface area contributed by atoms with Gasteiger partial charge in [0.1, 0.15) is 6.54 Å². The van der Waals surface area contributed by atoms with E-state index in [-0.39, 0.29) is 12.5 Å². The van der Waals surface area contributed by atoms with Crippen LogP contribution in [0, 0.1) is 0 Å². The van der Waals surface area contributed by atoms with E-state index in [4.69, 9.17) is 0 Å². The molecule has 0 spiro atoms. The van der Waals surface area contributed by atoms with E-state index in [2.05, 4.69) is 24.3 Å². The zero-order valence-corrected chi connectivity index (χ0v) is 14.8. The molecule has 26 heavy (non-hydrogen) atoms. The minimum atomic E-state index is -0.398. The number of hydrogen-bond acceptors (Lipinski definition) is 3. The first-order chi connectivity index (χ1) is 12.5. The molecule has 0 bridgehead atoms. The van der Waals surface area contributed by atoms with E-state index in [9.17, 15) is 14.4 Å². The summed E-state index contributed by atoms with van der Waals surface area (Å²) >= 11 is 0. The Morgan fingerprint density at radius 1 is 1.08 bits per heavy atom.